The monoisotopic (exact) mass is 1180 g/mol. The highest BCUT2D eigenvalue weighted by molar-refractivity contribution is 8.55. The molecule has 0 unspecified atom stereocenters. The van der Waals surface area contributed by atoms with Crippen molar-refractivity contribution in [2.45, 2.75) is 180 Å². The van der Waals surface area contributed by atoms with Gasteiger partial charge in [0, 0.05) is 33.0 Å². The molecule has 0 amide bonds. The van der Waals surface area contributed by atoms with Crippen LogP contribution < -0.4 is 9.05 Å². The second kappa shape index (κ2) is 34.5. The first-order valence-electron chi connectivity index (χ1n) is 33.0. The van der Waals surface area contributed by atoms with Crippen LogP contribution in [0.15, 0.2) is 223 Å². The van der Waals surface area contributed by atoms with Gasteiger partial charge < -0.3 is 9.05 Å². The number of benzene rings is 9. The highest BCUT2D eigenvalue weighted by atomic mass is 32.7. The summed E-state index contributed by atoms with van der Waals surface area (Å²) in [5.74, 6) is 1.05. The summed E-state index contributed by atoms with van der Waals surface area (Å²) in [6, 6.07) is 77.3. The molecule has 9 aromatic carbocycles. The van der Waals surface area contributed by atoms with Crippen molar-refractivity contribution in [1.29, 1.82) is 0 Å². The van der Waals surface area contributed by atoms with Gasteiger partial charge in [0.2, 0.25) is 0 Å². The van der Waals surface area contributed by atoms with Crippen LogP contribution in [-0.2, 0) is 23.8 Å². The van der Waals surface area contributed by atoms with Gasteiger partial charge in [-0.3, -0.25) is 0 Å². The molecule has 0 aromatic heterocycles. The highest BCUT2D eigenvalue weighted by Crippen LogP contribution is 2.67. The van der Waals surface area contributed by atoms with E-state index in [2.05, 4.69) is 239 Å². The Morgan fingerprint density at radius 2 is 0.512 bits per heavy atom. The van der Waals surface area contributed by atoms with Crippen molar-refractivity contribution in [1.82, 2.24) is 0 Å². The van der Waals surface area contributed by atoms with Crippen LogP contribution in [-0.4, -0.2) is 0 Å². The first-order chi connectivity index (χ1) is 42.5. The lowest BCUT2D eigenvalue weighted by atomic mass is 9.87. The van der Waals surface area contributed by atoms with E-state index in [1.54, 1.807) is 0 Å². The molecule has 3 nitrogen and oxygen atoms in total. The third-order valence-corrected chi connectivity index (χ3v) is 20.2. The van der Waals surface area contributed by atoms with Crippen LogP contribution >= 0.6 is 18.2 Å². The Labute approximate surface area is 521 Å². The zero-order valence-corrected chi connectivity index (χ0v) is 53.5. The second-order valence-corrected chi connectivity index (χ2v) is 27.2. The van der Waals surface area contributed by atoms with E-state index in [-0.39, 0.29) is 0 Å². The van der Waals surface area contributed by atoms with Gasteiger partial charge in [-0.25, -0.2) is 4.57 Å². The average Bonchev–Trinajstić information content (AvgIpc) is 2.00. The van der Waals surface area contributed by atoms with E-state index in [1.165, 1.54) is 144 Å². The fourth-order valence-electron chi connectivity index (χ4n) is 12.4. The van der Waals surface area contributed by atoms with Crippen molar-refractivity contribution < 1.29 is 13.6 Å². The van der Waals surface area contributed by atoms with Gasteiger partial charge in [-0.2, -0.15) is 0 Å². The molecular formula is C81H93O3PS. The van der Waals surface area contributed by atoms with Crippen molar-refractivity contribution in [2.24, 2.45) is 0 Å². The molecule has 9 rings (SSSR count). The minimum absolute atomic E-state index is 0.523. The van der Waals surface area contributed by atoms with Gasteiger partial charge >= 0.3 is 6.80 Å². The normalized spacial score (nSPS) is 11.5. The maximum Gasteiger partial charge on any atom is 0.497 e. The molecule has 86 heavy (non-hydrogen) atoms. The fourth-order valence-corrected chi connectivity index (χ4v) is 15.9. The number of hydrogen-bond donors (Lipinski definition) is 0. The molecule has 0 aliphatic heterocycles. The number of unbranched alkanes of at least 4 members (excludes halogenated alkanes) is 18. The van der Waals surface area contributed by atoms with Crippen molar-refractivity contribution >= 4 is 18.2 Å². The van der Waals surface area contributed by atoms with Crippen LogP contribution in [0, 0.1) is 0 Å². The van der Waals surface area contributed by atoms with Crippen LogP contribution in [0.25, 0.3) is 66.8 Å². The Morgan fingerprint density at radius 1 is 0.267 bits per heavy atom. The number of hydrogen-bond acceptors (Lipinski definition) is 4. The smallest absolute Gasteiger partial charge is 0.408 e. The van der Waals surface area contributed by atoms with Crippen LogP contribution in [0.2, 0.25) is 0 Å². The summed E-state index contributed by atoms with van der Waals surface area (Å²) >= 11 is 1.24. The highest BCUT2D eigenvalue weighted by Gasteiger charge is 2.37. The lowest BCUT2D eigenvalue weighted by molar-refractivity contribution is 0.409. The van der Waals surface area contributed by atoms with Gasteiger partial charge in [0.15, 0.2) is 0 Å². The molecule has 5 heteroatoms. The van der Waals surface area contributed by atoms with Crippen molar-refractivity contribution in [3.63, 3.8) is 0 Å². The average molecular weight is 1180 g/mol. The summed E-state index contributed by atoms with van der Waals surface area (Å²) in [4.78, 5) is 0.835. The van der Waals surface area contributed by atoms with E-state index in [9.17, 15) is 0 Å². The predicted molar refractivity (Wildman–Crippen MR) is 372 cm³/mol. The maximum atomic E-state index is 17.5. The minimum atomic E-state index is -4.41. The Kier molecular flexibility index (Phi) is 25.5. The second-order valence-electron chi connectivity index (χ2n) is 23.4. The molecule has 0 saturated heterocycles. The number of aryl methyl sites for hydroxylation is 3. The molecule has 0 bridgehead atoms. The summed E-state index contributed by atoms with van der Waals surface area (Å²) in [6.07, 6.45) is 28.6. The van der Waals surface area contributed by atoms with Crippen LogP contribution in [0.5, 0.6) is 11.5 Å². The molecule has 0 aliphatic carbocycles. The zero-order valence-electron chi connectivity index (χ0n) is 51.8. The molecule has 9 aromatic rings. The van der Waals surface area contributed by atoms with E-state index in [0.717, 1.165) is 110 Å². The van der Waals surface area contributed by atoms with Gasteiger partial charge in [0.25, 0.3) is 0 Å². The molecule has 0 radical (unpaired) electrons. The zero-order chi connectivity index (χ0) is 59.4. The summed E-state index contributed by atoms with van der Waals surface area (Å²) in [7, 11) is 0. The van der Waals surface area contributed by atoms with Gasteiger partial charge in [0.1, 0.15) is 11.5 Å². The van der Waals surface area contributed by atoms with Crippen molar-refractivity contribution in [2.75, 3.05) is 0 Å². The molecule has 446 valence electrons. The Hall–Kier alpha value is -6.84. The molecule has 0 atom stereocenters. The quantitative estimate of drug-likeness (QED) is 0.0290. The minimum Gasteiger partial charge on any atom is -0.408 e. The third kappa shape index (κ3) is 17.9. The molecule has 0 fully saturated rings. The van der Waals surface area contributed by atoms with Crippen molar-refractivity contribution in [3.8, 4) is 78.3 Å². The standard InChI is InChI=1S/C81H93O3PS/c1-4-7-10-13-16-19-28-55-70-58-61-73(79(67-49-37-25-38-50-67)76(70)64-43-31-22-32-44-64)83-85(82,84-74-62-59-71(56-29-20-17-14-11-8-5-2)77(65-45-33-23-34-46-65)80(74)68-51-39-26-40-52-68)86-75-63-60-72(57-30-21-18-15-12-9-6-3)78(66-47-35-24-36-48-66)81(75)69-53-41-27-42-54-69/h22-27,31-54,58-63H,4-21,28-30,55-57H2,1-3H3. The SMILES string of the molecule is CCCCCCCCCc1ccc(OP(=O)(Oc2ccc(CCCCCCCCC)c(-c3ccccc3)c2-c2ccccc2)Sc2ccc(CCCCCCCCC)c(-c3ccccc3)c2-c2ccccc2)c(-c2ccccc2)c1-c1ccccc1. The first kappa shape index (κ1) is 63.7. The molecule has 0 saturated carbocycles. The summed E-state index contributed by atoms with van der Waals surface area (Å²) in [5.41, 5.74) is 16.4. The lowest BCUT2D eigenvalue weighted by Gasteiger charge is -2.27. The van der Waals surface area contributed by atoms with Gasteiger partial charge in [-0.15, -0.1) is 0 Å². The predicted octanol–water partition coefficient (Wildman–Crippen LogP) is 25.9. The summed E-state index contributed by atoms with van der Waals surface area (Å²) in [6.45, 7) is 2.44. The van der Waals surface area contributed by atoms with E-state index in [1.807, 2.05) is 0 Å². The topological polar surface area (TPSA) is 35.5 Å². The van der Waals surface area contributed by atoms with Gasteiger partial charge in [-0.1, -0.05) is 337 Å². The molecule has 0 aliphatic rings. The maximum absolute atomic E-state index is 17.5. The van der Waals surface area contributed by atoms with Gasteiger partial charge in [-0.05, 0) is 123 Å². The third-order valence-electron chi connectivity index (χ3n) is 16.9. The van der Waals surface area contributed by atoms with Crippen LogP contribution in [0.4, 0.5) is 0 Å². The van der Waals surface area contributed by atoms with E-state index in [0.29, 0.717) is 11.5 Å². The van der Waals surface area contributed by atoms with Crippen LogP contribution in [0.3, 0.4) is 0 Å². The Balaban J connectivity index is 1.24. The summed E-state index contributed by atoms with van der Waals surface area (Å²) < 4.78 is 32.7. The van der Waals surface area contributed by atoms with E-state index in [4.69, 9.17) is 9.05 Å². The largest absolute Gasteiger partial charge is 0.497 e. The van der Waals surface area contributed by atoms with Crippen LogP contribution in [0.1, 0.15) is 172 Å². The molecule has 0 N–H and O–H groups in total. The lowest BCUT2D eigenvalue weighted by Crippen LogP contribution is -2.05. The van der Waals surface area contributed by atoms with E-state index >= 15 is 4.57 Å². The van der Waals surface area contributed by atoms with E-state index < -0.39 is 6.80 Å². The fraction of sp³-hybridized carbons (Fsp3) is 0.333. The molecule has 0 heterocycles. The Bertz CT molecular complexity index is 3090. The van der Waals surface area contributed by atoms with Gasteiger partial charge in [0.05, 0.1) is 0 Å². The first-order valence-corrected chi connectivity index (χ1v) is 35.9. The molecular weight excluding hydrogens is 1080 g/mol. The van der Waals surface area contributed by atoms with Crippen molar-refractivity contribution in [3.05, 3.63) is 235 Å². The Morgan fingerprint density at radius 3 is 0.814 bits per heavy atom. The summed E-state index contributed by atoms with van der Waals surface area (Å²) in [5, 5.41) is 0. The number of rotatable bonds is 36. The molecule has 0 spiro atoms.